The number of para-hydroxylation sites is 1. The monoisotopic (exact) mass is 282 g/mol. The molecule has 102 valence electrons. The Balaban J connectivity index is 2.80. The van der Waals surface area contributed by atoms with Crippen LogP contribution >= 0.6 is 0 Å². The second-order valence-corrected chi connectivity index (χ2v) is 5.91. The van der Waals surface area contributed by atoms with E-state index in [4.69, 9.17) is 4.74 Å². The minimum absolute atomic E-state index is 0.175. The molecule has 7 heteroatoms. The molecule has 1 N–H and O–H groups in total. The number of anilines is 1. The van der Waals surface area contributed by atoms with Crippen LogP contribution in [0.2, 0.25) is 0 Å². The summed E-state index contributed by atoms with van der Waals surface area (Å²) in [5.41, 5.74) is 1.16. The summed E-state index contributed by atoms with van der Waals surface area (Å²) in [6.07, 6.45) is 1.04. The molecule has 1 aromatic carbocycles. The molecule has 0 bridgehead atoms. The van der Waals surface area contributed by atoms with Crippen molar-refractivity contribution in [2.45, 2.75) is 0 Å². The Hall–Kier alpha value is -2.02. The fraction of sp³-hybridized carbons (Fsp3) is 0.250. The molecule has 0 unspecified atom stereocenters. The first-order valence-corrected chi connectivity index (χ1v) is 7.38. The number of nitrogens with one attached hydrogen (secondary N) is 1. The number of sulfonamides is 1. The average molecular weight is 282 g/mol. The Morgan fingerprint density at radius 1 is 1.32 bits per heavy atom. The zero-order chi connectivity index (χ0) is 14.2. The Bertz CT molecular complexity index is 746. The number of esters is 1. The summed E-state index contributed by atoms with van der Waals surface area (Å²) < 4.78 is 31.6. The molecule has 1 aromatic heterocycles. The Kier molecular flexibility index (Phi) is 3.23. The Labute approximate surface area is 111 Å². The number of ether oxygens (including phenoxy) is 1. The van der Waals surface area contributed by atoms with Gasteiger partial charge in [0.05, 0.1) is 24.6 Å². The van der Waals surface area contributed by atoms with Crippen LogP contribution < -0.4 is 4.72 Å². The van der Waals surface area contributed by atoms with Gasteiger partial charge in [-0.2, -0.15) is 0 Å². The van der Waals surface area contributed by atoms with Gasteiger partial charge in [0.15, 0.2) is 5.69 Å². The van der Waals surface area contributed by atoms with Gasteiger partial charge in [0.2, 0.25) is 10.0 Å². The zero-order valence-corrected chi connectivity index (χ0v) is 11.6. The van der Waals surface area contributed by atoms with E-state index in [2.05, 4.69) is 4.72 Å². The van der Waals surface area contributed by atoms with Gasteiger partial charge in [-0.25, -0.2) is 13.2 Å². The van der Waals surface area contributed by atoms with E-state index in [9.17, 15) is 13.2 Å². The molecule has 0 atom stereocenters. The highest BCUT2D eigenvalue weighted by atomic mass is 32.2. The van der Waals surface area contributed by atoms with Crippen molar-refractivity contribution in [3.8, 4) is 0 Å². The molecule has 2 aromatic rings. The lowest BCUT2D eigenvalue weighted by molar-refractivity contribution is 0.0592. The normalized spacial score (nSPS) is 11.5. The fourth-order valence-electron chi connectivity index (χ4n) is 2.02. The first kappa shape index (κ1) is 13.4. The van der Waals surface area contributed by atoms with E-state index in [1.54, 1.807) is 29.8 Å². The van der Waals surface area contributed by atoms with Crippen molar-refractivity contribution in [1.82, 2.24) is 4.57 Å². The van der Waals surface area contributed by atoms with Crippen molar-refractivity contribution >= 4 is 32.6 Å². The van der Waals surface area contributed by atoms with E-state index in [-0.39, 0.29) is 11.4 Å². The average Bonchev–Trinajstić information content (AvgIpc) is 2.61. The molecule has 0 aliphatic rings. The third-order valence-electron chi connectivity index (χ3n) is 2.77. The van der Waals surface area contributed by atoms with E-state index < -0.39 is 16.0 Å². The van der Waals surface area contributed by atoms with Gasteiger partial charge in [-0.3, -0.25) is 4.72 Å². The molecular formula is C12H14N2O4S. The number of nitrogens with zero attached hydrogens (tertiary/aromatic N) is 1. The number of hydrogen-bond acceptors (Lipinski definition) is 4. The van der Waals surface area contributed by atoms with Gasteiger partial charge >= 0.3 is 5.97 Å². The standard InChI is InChI=1S/C12H14N2O4S/c1-14-9-7-5-4-6-8(9)10(13-19(3,16)17)11(14)12(15)18-2/h4-7,13H,1-3H3. The number of hydrogen-bond donors (Lipinski definition) is 1. The molecule has 0 aliphatic heterocycles. The number of fused-ring (bicyclic) bond motifs is 1. The molecule has 6 nitrogen and oxygen atoms in total. The SMILES string of the molecule is COC(=O)c1c(NS(C)(=O)=O)c2ccccc2n1C. The van der Waals surface area contributed by atoms with Crippen molar-refractivity contribution in [3.05, 3.63) is 30.0 Å². The lowest BCUT2D eigenvalue weighted by atomic mass is 10.2. The molecule has 0 radical (unpaired) electrons. The summed E-state index contributed by atoms with van der Waals surface area (Å²) in [7, 11) is -0.554. The van der Waals surface area contributed by atoms with E-state index in [1.807, 2.05) is 6.07 Å². The van der Waals surface area contributed by atoms with E-state index in [0.29, 0.717) is 5.39 Å². The third-order valence-corrected chi connectivity index (χ3v) is 3.35. The van der Waals surface area contributed by atoms with Crippen molar-refractivity contribution < 1.29 is 17.9 Å². The number of aromatic nitrogens is 1. The molecule has 0 amide bonds. The lowest BCUT2D eigenvalue weighted by Crippen LogP contribution is -2.15. The predicted octanol–water partition coefficient (Wildman–Crippen LogP) is 1.34. The number of rotatable bonds is 3. The Morgan fingerprint density at radius 3 is 2.53 bits per heavy atom. The molecule has 1 heterocycles. The molecule has 19 heavy (non-hydrogen) atoms. The van der Waals surface area contributed by atoms with Crippen LogP contribution in [0.15, 0.2) is 24.3 Å². The van der Waals surface area contributed by atoms with Crippen LogP contribution in [0.1, 0.15) is 10.5 Å². The van der Waals surface area contributed by atoms with Crippen molar-refractivity contribution in [2.75, 3.05) is 18.1 Å². The van der Waals surface area contributed by atoms with Gasteiger partial charge in [-0.15, -0.1) is 0 Å². The van der Waals surface area contributed by atoms with Crippen LogP contribution in [0, 0.1) is 0 Å². The second kappa shape index (κ2) is 4.58. The van der Waals surface area contributed by atoms with Crippen LogP contribution in [-0.2, 0) is 21.8 Å². The van der Waals surface area contributed by atoms with Crippen molar-refractivity contribution in [1.29, 1.82) is 0 Å². The van der Waals surface area contributed by atoms with Crippen LogP contribution in [0.5, 0.6) is 0 Å². The second-order valence-electron chi connectivity index (χ2n) is 4.17. The molecule has 0 saturated heterocycles. The topological polar surface area (TPSA) is 77.4 Å². The molecule has 0 fully saturated rings. The zero-order valence-electron chi connectivity index (χ0n) is 10.8. The number of carbonyl (C=O) groups is 1. The van der Waals surface area contributed by atoms with Crippen LogP contribution in [-0.4, -0.2) is 32.3 Å². The summed E-state index contributed by atoms with van der Waals surface area (Å²) in [5.74, 6) is -0.593. The quantitative estimate of drug-likeness (QED) is 0.862. The summed E-state index contributed by atoms with van der Waals surface area (Å²) >= 11 is 0. The first-order valence-electron chi connectivity index (χ1n) is 5.48. The van der Waals surface area contributed by atoms with Crippen LogP contribution in [0.25, 0.3) is 10.9 Å². The molecule has 0 aliphatic carbocycles. The minimum Gasteiger partial charge on any atom is -0.464 e. The number of benzene rings is 1. The van der Waals surface area contributed by atoms with Gasteiger partial charge in [0, 0.05) is 12.4 Å². The van der Waals surface area contributed by atoms with E-state index >= 15 is 0 Å². The van der Waals surface area contributed by atoms with Crippen LogP contribution in [0.3, 0.4) is 0 Å². The van der Waals surface area contributed by atoms with E-state index in [1.165, 1.54) is 7.11 Å². The number of carbonyl (C=O) groups excluding carboxylic acids is 1. The predicted molar refractivity (Wildman–Crippen MR) is 72.7 cm³/mol. The maximum absolute atomic E-state index is 11.8. The van der Waals surface area contributed by atoms with Gasteiger partial charge in [0.1, 0.15) is 0 Å². The summed E-state index contributed by atoms with van der Waals surface area (Å²) in [6, 6.07) is 7.13. The van der Waals surface area contributed by atoms with Crippen LogP contribution in [0.4, 0.5) is 5.69 Å². The minimum atomic E-state index is -3.49. The lowest BCUT2D eigenvalue weighted by Gasteiger charge is -2.06. The molecule has 0 saturated carbocycles. The third kappa shape index (κ3) is 2.41. The maximum Gasteiger partial charge on any atom is 0.356 e. The van der Waals surface area contributed by atoms with E-state index in [0.717, 1.165) is 11.8 Å². The number of methoxy groups -OCH3 is 1. The highest BCUT2D eigenvalue weighted by molar-refractivity contribution is 7.92. The van der Waals surface area contributed by atoms with Gasteiger partial charge in [-0.1, -0.05) is 18.2 Å². The number of aryl methyl sites for hydroxylation is 1. The van der Waals surface area contributed by atoms with Gasteiger partial charge in [-0.05, 0) is 6.07 Å². The summed E-state index contributed by atoms with van der Waals surface area (Å²) in [5, 5.41) is 0.649. The van der Waals surface area contributed by atoms with Gasteiger partial charge in [0.25, 0.3) is 0 Å². The maximum atomic E-state index is 11.8. The highest BCUT2D eigenvalue weighted by Gasteiger charge is 2.23. The molecular weight excluding hydrogens is 268 g/mol. The van der Waals surface area contributed by atoms with Crippen molar-refractivity contribution in [3.63, 3.8) is 0 Å². The highest BCUT2D eigenvalue weighted by Crippen LogP contribution is 2.31. The fourth-order valence-corrected chi connectivity index (χ4v) is 2.60. The van der Waals surface area contributed by atoms with Gasteiger partial charge < -0.3 is 9.30 Å². The molecule has 2 rings (SSSR count). The van der Waals surface area contributed by atoms with Crippen molar-refractivity contribution in [2.24, 2.45) is 7.05 Å². The smallest absolute Gasteiger partial charge is 0.356 e. The largest absolute Gasteiger partial charge is 0.464 e. The summed E-state index contributed by atoms with van der Waals surface area (Å²) in [6.45, 7) is 0. The Morgan fingerprint density at radius 2 is 1.95 bits per heavy atom. The summed E-state index contributed by atoms with van der Waals surface area (Å²) in [4.78, 5) is 11.8. The molecule has 0 spiro atoms. The first-order chi connectivity index (χ1) is 8.85.